The predicted octanol–water partition coefficient (Wildman–Crippen LogP) is 1.32. The molecule has 1 heterocycles. The summed E-state index contributed by atoms with van der Waals surface area (Å²) in [6.45, 7) is 3.70. The third-order valence-corrected chi connectivity index (χ3v) is 3.71. The van der Waals surface area contributed by atoms with Gasteiger partial charge in [0.05, 0.1) is 12.1 Å². The lowest BCUT2D eigenvalue weighted by Crippen LogP contribution is -2.45. The molecule has 1 fully saturated rings. The molecule has 0 aromatic heterocycles. The van der Waals surface area contributed by atoms with E-state index in [9.17, 15) is 4.79 Å². The molecule has 0 radical (unpaired) electrons. The molecule has 2 atom stereocenters. The Balaban J connectivity index is 2.14. The van der Waals surface area contributed by atoms with Crippen molar-refractivity contribution in [3.63, 3.8) is 0 Å². The van der Waals surface area contributed by atoms with E-state index in [-0.39, 0.29) is 24.6 Å². The first-order chi connectivity index (χ1) is 9.24. The average Bonchev–Trinajstić information content (AvgIpc) is 2.62. The molecule has 4 nitrogen and oxygen atoms in total. The Labute approximate surface area is 114 Å². The summed E-state index contributed by atoms with van der Waals surface area (Å²) in [5.41, 5.74) is 1.15. The lowest BCUT2D eigenvalue weighted by atomic mass is 10.1. The van der Waals surface area contributed by atoms with Crippen LogP contribution >= 0.6 is 0 Å². The molecular weight excluding hydrogens is 240 g/mol. The van der Waals surface area contributed by atoms with Crippen molar-refractivity contribution in [2.75, 3.05) is 19.7 Å². The molecule has 19 heavy (non-hydrogen) atoms. The Morgan fingerprint density at radius 2 is 2.16 bits per heavy atom. The van der Waals surface area contributed by atoms with E-state index in [4.69, 9.17) is 5.11 Å². The highest BCUT2D eigenvalue weighted by molar-refractivity contribution is 5.82. The monoisotopic (exact) mass is 262 g/mol. The van der Waals surface area contributed by atoms with Gasteiger partial charge in [-0.2, -0.15) is 0 Å². The van der Waals surface area contributed by atoms with Crippen molar-refractivity contribution in [3.05, 3.63) is 35.9 Å². The molecule has 2 N–H and O–H groups in total. The van der Waals surface area contributed by atoms with Gasteiger partial charge >= 0.3 is 0 Å². The van der Waals surface area contributed by atoms with Gasteiger partial charge < -0.3 is 15.3 Å². The van der Waals surface area contributed by atoms with E-state index in [0.29, 0.717) is 6.42 Å². The smallest absolute Gasteiger partial charge is 0.240 e. The van der Waals surface area contributed by atoms with Gasteiger partial charge in [-0.05, 0) is 31.9 Å². The topological polar surface area (TPSA) is 52.6 Å². The zero-order valence-corrected chi connectivity index (χ0v) is 11.4. The lowest BCUT2D eigenvalue weighted by Gasteiger charge is -2.30. The van der Waals surface area contributed by atoms with Gasteiger partial charge in [0.1, 0.15) is 0 Å². The lowest BCUT2D eigenvalue weighted by molar-refractivity contribution is -0.135. The van der Waals surface area contributed by atoms with Gasteiger partial charge in [-0.3, -0.25) is 4.79 Å². The first-order valence-electron chi connectivity index (χ1n) is 6.93. The molecular formula is C15H22N2O2. The van der Waals surface area contributed by atoms with Crippen LogP contribution in [0.1, 0.15) is 31.4 Å². The second kappa shape index (κ2) is 6.68. The third kappa shape index (κ3) is 3.33. The van der Waals surface area contributed by atoms with Gasteiger partial charge in [-0.25, -0.2) is 0 Å². The van der Waals surface area contributed by atoms with Crippen LogP contribution in [0.5, 0.6) is 0 Å². The minimum absolute atomic E-state index is 0.0387. The number of nitrogens with zero attached hydrogens (tertiary/aromatic N) is 1. The minimum Gasteiger partial charge on any atom is -0.396 e. The number of amides is 1. The van der Waals surface area contributed by atoms with E-state index in [1.165, 1.54) is 0 Å². The molecule has 1 aromatic rings. The van der Waals surface area contributed by atoms with E-state index >= 15 is 0 Å². The predicted molar refractivity (Wildman–Crippen MR) is 74.7 cm³/mol. The number of carbonyl (C=O) groups is 1. The van der Waals surface area contributed by atoms with Crippen LogP contribution in [-0.2, 0) is 4.79 Å². The fraction of sp³-hybridized carbons (Fsp3) is 0.533. The molecule has 0 saturated carbocycles. The summed E-state index contributed by atoms with van der Waals surface area (Å²) in [6, 6.07) is 9.91. The van der Waals surface area contributed by atoms with Crippen molar-refractivity contribution in [3.8, 4) is 0 Å². The normalized spacial score (nSPS) is 22.1. The van der Waals surface area contributed by atoms with Gasteiger partial charge in [-0.15, -0.1) is 0 Å². The van der Waals surface area contributed by atoms with Crippen LogP contribution in [0.2, 0.25) is 0 Å². The molecule has 0 bridgehead atoms. The second-order valence-corrected chi connectivity index (χ2v) is 4.99. The minimum atomic E-state index is -0.251. The quantitative estimate of drug-likeness (QED) is 0.860. The fourth-order valence-electron chi connectivity index (χ4n) is 2.57. The molecule has 1 aromatic carbocycles. The highest BCUT2D eigenvalue weighted by atomic mass is 16.3. The maximum Gasteiger partial charge on any atom is 0.240 e. The van der Waals surface area contributed by atoms with Crippen LogP contribution in [0.3, 0.4) is 0 Å². The van der Waals surface area contributed by atoms with Gasteiger partial charge in [0.25, 0.3) is 0 Å². The Hall–Kier alpha value is -1.39. The summed E-state index contributed by atoms with van der Waals surface area (Å²) < 4.78 is 0. The first-order valence-corrected chi connectivity index (χ1v) is 6.93. The van der Waals surface area contributed by atoms with Crippen molar-refractivity contribution in [2.45, 2.75) is 31.8 Å². The molecule has 2 rings (SSSR count). The number of benzene rings is 1. The van der Waals surface area contributed by atoms with Crippen LogP contribution in [0, 0.1) is 0 Å². The van der Waals surface area contributed by atoms with Crippen molar-refractivity contribution in [1.82, 2.24) is 10.2 Å². The molecule has 1 aliphatic rings. The van der Waals surface area contributed by atoms with Crippen molar-refractivity contribution in [1.29, 1.82) is 0 Å². The number of hydrogen-bond donors (Lipinski definition) is 2. The molecule has 2 unspecified atom stereocenters. The Bertz CT molecular complexity index is 408. The summed E-state index contributed by atoms with van der Waals surface area (Å²) in [5.74, 6) is 0.0999. The zero-order chi connectivity index (χ0) is 13.7. The summed E-state index contributed by atoms with van der Waals surface area (Å²) in [5, 5.41) is 12.3. The first kappa shape index (κ1) is 14.0. The number of aliphatic hydroxyl groups excluding tert-OH is 1. The van der Waals surface area contributed by atoms with Crippen molar-refractivity contribution < 1.29 is 9.90 Å². The molecule has 1 aliphatic heterocycles. The Morgan fingerprint density at radius 1 is 1.42 bits per heavy atom. The van der Waals surface area contributed by atoms with Gasteiger partial charge in [0, 0.05) is 13.2 Å². The summed E-state index contributed by atoms with van der Waals surface area (Å²) in [6.07, 6.45) is 1.43. The highest BCUT2D eigenvalue weighted by Gasteiger charge is 2.29. The number of carbonyl (C=O) groups excluding carboxylic acids is 1. The van der Waals surface area contributed by atoms with Crippen LogP contribution in [0.25, 0.3) is 0 Å². The van der Waals surface area contributed by atoms with E-state index in [1.807, 2.05) is 23.1 Å². The zero-order valence-electron chi connectivity index (χ0n) is 11.4. The van der Waals surface area contributed by atoms with Crippen molar-refractivity contribution >= 4 is 5.91 Å². The molecule has 1 amide bonds. The maximum absolute atomic E-state index is 12.5. The van der Waals surface area contributed by atoms with Crippen LogP contribution in [0.15, 0.2) is 30.3 Å². The van der Waals surface area contributed by atoms with Gasteiger partial charge in [0.15, 0.2) is 0 Å². The summed E-state index contributed by atoms with van der Waals surface area (Å²) in [7, 11) is 0. The molecule has 0 spiro atoms. The van der Waals surface area contributed by atoms with Crippen molar-refractivity contribution in [2.24, 2.45) is 0 Å². The van der Waals surface area contributed by atoms with Gasteiger partial charge in [-0.1, -0.05) is 30.3 Å². The summed E-state index contributed by atoms with van der Waals surface area (Å²) in [4.78, 5) is 14.4. The fourth-order valence-corrected chi connectivity index (χ4v) is 2.57. The van der Waals surface area contributed by atoms with E-state index in [1.54, 1.807) is 0 Å². The van der Waals surface area contributed by atoms with E-state index in [0.717, 1.165) is 25.1 Å². The molecule has 0 aliphatic carbocycles. The maximum atomic E-state index is 12.5. The number of aliphatic hydroxyl groups is 1. The number of rotatable bonds is 4. The van der Waals surface area contributed by atoms with Crippen LogP contribution in [-0.4, -0.2) is 41.7 Å². The van der Waals surface area contributed by atoms with E-state index < -0.39 is 0 Å². The Kier molecular flexibility index (Phi) is 4.93. The number of nitrogens with one attached hydrogen (secondary N) is 1. The summed E-state index contributed by atoms with van der Waals surface area (Å²) >= 11 is 0. The third-order valence-electron chi connectivity index (χ3n) is 3.71. The SMILES string of the molecule is CC(c1ccccc1)N1CCCNC(CCO)C1=O. The average molecular weight is 262 g/mol. The van der Waals surface area contributed by atoms with Crippen LogP contribution < -0.4 is 5.32 Å². The largest absolute Gasteiger partial charge is 0.396 e. The Morgan fingerprint density at radius 3 is 2.84 bits per heavy atom. The standard InChI is InChI=1S/C15H22N2O2/c1-12(13-6-3-2-4-7-13)17-10-5-9-16-14(8-11-18)15(17)19/h2-4,6-7,12,14,16,18H,5,8-11H2,1H3. The van der Waals surface area contributed by atoms with Gasteiger partial charge in [0.2, 0.25) is 5.91 Å². The molecule has 104 valence electrons. The number of hydrogen-bond acceptors (Lipinski definition) is 3. The van der Waals surface area contributed by atoms with E-state index in [2.05, 4.69) is 24.4 Å². The van der Waals surface area contributed by atoms with Crippen LogP contribution in [0.4, 0.5) is 0 Å². The highest BCUT2D eigenvalue weighted by Crippen LogP contribution is 2.22. The molecule has 1 saturated heterocycles. The second-order valence-electron chi connectivity index (χ2n) is 4.99. The molecule has 4 heteroatoms.